The van der Waals surface area contributed by atoms with E-state index in [1.807, 2.05) is 46.9 Å². The molecule has 6 rings (SSSR count). The molecule has 0 radical (unpaired) electrons. The Hall–Kier alpha value is -3.34. The number of carbonyl (C=O) groups is 1. The van der Waals surface area contributed by atoms with Crippen molar-refractivity contribution in [1.29, 1.82) is 0 Å². The van der Waals surface area contributed by atoms with Crippen molar-refractivity contribution in [2.24, 2.45) is 0 Å². The van der Waals surface area contributed by atoms with Gasteiger partial charge in [0.1, 0.15) is 11.2 Å². The molecule has 10 heteroatoms. The molecule has 0 aliphatic heterocycles. The van der Waals surface area contributed by atoms with E-state index in [0.29, 0.717) is 10.3 Å². The average molecular weight is 475 g/mol. The highest BCUT2D eigenvalue weighted by Gasteiger charge is 2.17. The van der Waals surface area contributed by atoms with Crippen LogP contribution in [0.15, 0.2) is 71.5 Å². The van der Waals surface area contributed by atoms with Gasteiger partial charge in [-0.15, -0.1) is 21.5 Å². The number of thiazole rings is 1. The van der Waals surface area contributed by atoms with Crippen LogP contribution in [-0.2, 0) is 4.79 Å². The second kappa shape index (κ2) is 7.97. The third-order valence-corrected chi connectivity index (χ3v) is 7.69. The highest BCUT2D eigenvalue weighted by atomic mass is 32.2. The summed E-state index contributed by atoms with van der Waals surface area (Å²) >= 11 is 4.37. The van der Waals surface area contributed by atoms with Crippen LogP contribution in [0.3, 0.4) is 0 Å². The minimum atomic E-state index is -0.139. The van der Waals surface area contributed by atoms with Crippen molar-refractivity contribution < 1.29 is 4.79 Å². The molecular weight excluding hydrogens is 460 g/mol. The summed E-state index contributed by atoms with van der Waals surface area (Å²) in [5.74, 6) is 0.0598. The molecule has 0 spiro atoms. The number of aromatic nitrogens is 5. The lowest BCUT2D eigenvalue weighted by atomic mass is 10.1. The Labute approximate surface area is 194 Å². The zero-order valence-corrected chi connectivity index (χ0v) is 18.9. The number of thiophene rings is 1. The van der Waals surface area contributed by atoms with E-state index in [-0.39, 0.29) is 11.7 Å². The summed E-state index contributed by atoms with van der Waals surface area (Å²) in [6, 6.07) is 18.0. The fraction of sp³-hybridized carbons (Fsp3) is 0.0455. The fourth-order valence-electron chi connectivity index (χ4n) is 3.46. The molecule has 2 aromatic carbocycles. The third-order valence-electron chi connectivity index (χ3n) is 4.91. The van der Waals surface area contributed by atoms with E-state index in [1.165, 1.54) is 23.1 Å². The van der Waals surface area contributed by atoms with Crippen LogP contribution in [0, 0.1) is 0 Å². The van der Waals surface area contributed by atoms with E-state index in [9.17, 15) is 4.79 Å². The molecule has 156 valence electrons. The largest absolute Gasteiger partial charge is 0.301 e. The predicted octanol–water partition coefficient (Wildman–Crippen LogP) is 5.35. The Balaban J connectivity index is 1.25. The van der Waals surface area contributed by atoms with Crippen molar-refractivity contribution in [1.82, 2.24) is 24.6 Å². The SMILES string of the molecule is O=C(CSc1nnc2c3c(-c4ccccc4)csc3ncn12)Nc1nc2ccccc2s1. The minimum absolute atomic E-state index is 0.139. The summed E-state index contributed by atoms with van der Waals surface area (Å²) in [5, 5.41) is 15.9. The zero-order chi connectivity index (χ0) is 21.5. The lowest BCUT2D eigenvalue weighted by Crippen LogP contribution is -2.14. The van der Waals surface area contributed by atoms with Crippen LogP contribution in [0.25, 0.3) is 37.2 Å². The van der Waals surface area contributed by atoms with Crippen LogP contribution in [0.2, 0.25) is 0 Å². The zero-order valence-electron chi connectivity index (χ0n) is 16.4. The number of nitrogens with zero attached hydrogens (tertiary/aromatic N) is 5. The summed E-state index contributed by atoms with van der Waals surface area (Å²) in [6.45, 7) is 0. The van der Waals surface area contributed by atoms with Crippen LogP contribution in [0.1, 0.15) is 0 Å². The van der Waals surface area contributed by atoms with Crippen molar-refractivity contribution in [3.8, 4) is 11.1 Å². The van der Waals surface area contributed by atoms with Gasteiger partial charge in [-0.2, -0.15) is 0 Å². The summed E-state index contributed by atoms with van der Waals surface area (Å²) in [6.07, 6.45) is 1.72. The first kappa shape index (κ1) is 19.4. The van der Waals surface area contributed by atoms with Crippen LogP contribution in [-0.4, -0.2) is 36.2 Å². The number of nitrogens with one attached hydrogen (secondary N) is 1. The number of anilines is 1. The second-order valence-corrected chi connectivity index (χ2v) is 9.77. The van der Waals surface area contributed by atoms with E-state index in [1.54, 1.807) is 17.7 Å². The summed E-state index contributed by atoms with van der Waals surface area (Å²) in [4.78, 5) is 22.4. The molecule has 0 fully saturated rings. The number of rotatable bonds is 5. The first-order chi connectivity index (χ1) is 15.8. The van der Waals surface area contributed by atoms with Gasteiger partial charge in [-0.1, -0.05) is 65.6 Å². The van der Waals surface area contributed by atoms with Crippen molar-refractivity contribution in [3.05, 3.63) is 66.3 Å². The second-order valence-electron chi connectivity index (χ2n) is 6.94. The van der Waals surface area contributed by atoms with Gasteiger partial charge in [-0.3, -0.25) is 9.20 Å². The molecule has 0 unspecified atom stereocenters. The molecule has 32 heavy (non-hydrogen) atoms. The maximum absolute atomic E-state index is 12.5. The Morgan fingerprint density at radius 2 is 1.91 bits per heavy atom. The van der Waals surface area contributed by atoms with E-state index in [4.69, 9.17) is 0 Å². The highest BCUT2D eigenvalue weighted by Crippen LogP contribution is 2.35. The molecule has 1 amide bonds. The standard InChI is InChI=1S/C22H14N6OS3/c29-17(25-21-24-15-8-4-5-9-16(15)32-21)11-31-22-27-26-19-18-14(13-6-2-1-3-7-13)10-30-20(18)23-12-28(19)22/h1-10,12H,11H2,(H,24,25,29). The van der Waals surface area contributed by atoms with Crippen molar-refractivity contribution in [3.63, 3.8) is 0 Å². The maximum atomic E-state index is 12.5. The van der Waals surface area contributed by atoms with Crippen LogP contribution in [0.5, 0.6) is 0 Å². The van der Waals surface area contributed by atoms with Gasteiger partial charge in [-0.05, 0) is 17.7 Å². The Bertz CT molecular complexity index is 1550. The number of fused-ring (bicyclic) bond motifs is 4. The van der Waals surface area contributed by atoms with Gasteiger partial charge in [0.15, 0.2) is 15.9 Å². The molecule has 0 saturated heterocycles. The first-order valence-electron chi connectivity index (χ1n) is 9.71. The van der Waals surface area contributed by atoms with Gasteiger partial charge >= 0.3 is 0 Å². The number of para-hydroxylation sites is 1. The van der Waals surface area contributed by atoms with E-state index in [2.05, 4.69) is 43.0 Å². The molecule has 0 aliphatic rings. The number of hydrogen-bond donors (Lipinski definition) is 1. The van der Waals surface area contributed by atoms with Crippen molar-refractivity contribution in [2.75, 3.05) is 11.1 Å². The molecule has 0 bridgehead atoms. The van der Waals surface area contributed by atoms with Gasteiger partial charge in [0.05, 0.1) is 21.4 Å². The molecule has 1 N–H and O–H groups in total. The molecular formula is C22H14N6OS3. The predicted molar refractivity (Wildman–Crippen MR) is 131 cm³/mol. The molecule has 4 heterocycles. The molecule has 0 saturated carbocycles. The average Bonchev–Trinajstić information content (AvgIpc) is 3.53. The lowest BCUT2D eigenvalue weighted by Gasteiger charge is -2.02. The van der Waals surface area contributed by atoms with Crippen LogP contribution < -0.4 is 5.32 Å². The minimum Gasteiger partial charge on any atom is -0.301 e. The molecule has 0 atom stereocenters. The summed E-state index contributed by atoms with van der Waals surface area (Å²) in [5.41, 5.74) is 3.82. The number of amides is 1. The van der Waals surface area contributed by atoms with Crippen molar-refractivity contribution >= 4 is 71.6 Å². The number of hydrogen-bond acceptors (Lipinski definition) is 8. The Morgan fingerprint density at radius 1 is 1.06 bits per heavy atom. The fourth-order valence-corrected chi connectivity index (χ4v) is 5.96. The molecule has 4 aromatic heterocycles. The third kappa shape index (κ3) is 3.42. The highest BCUT2D eigenvalue weighted by molar-refractivity contribution is 7.99. The topological polar surface area (TPSA) is 85.1 Å². The van der Waals surface area contributed by atoms with Gasteiger partial charge in [-0.25, -0.2) is 9.97 Å². The number of benzene rings is 2. The van der Waals surface area contributed by atoms with Gasteiger partial charge in [0.2, 0.25) is 5.91 Å². The van der Waals surface area contributed by atoms with Crippen LogP contribution in [0.4, 0.5) is 5.13 Å². The first-order valence-corrected chi connectivity index (χ1v) is 12.4. The van der Waals surface area contributed by atoms with E-state index >= 15 is 0 Å². The normalized spacial score (nSPS) is 11.5. The number of carbonyl (C=O) groups excluding carboxylic acids is 1. The van der Waals surface area contributed by atoms with E-state index < -0.39 is 0 Å². The van der Waals surface area contributed by atoms with Gasteiger partial charge in [0, 0.05) is 10.9 Å². The molecule has 0 aliphatic carbocycles. The Kier molecular flexibility index (Phi) is 4.82. The molecule has 6 aromatic rings. The Morgan fingerprint density at radius 3 is 2.78 bits per heavy atom. The van der Waals surface area contributed by atoms with E-state index in [0.717, 1.165) is 37.2 Å². The van der Waals surface area contributed by atoms with Crippen LogP contribution >= 0.6 is 34.4 Å². The van der Waals surface area contributed by atoms with Crippen molar-refractivity contribution in [2.45, 2.75) is 5.16 Å². The maximum Gasteiger partial charge on any atom is 0.236 e. The number of thioether (sulfide) groups is 1. The smallest absolute Gasteiger partial charge is 0.236 e. The monoisotopic (exact) mass is 474 g/mol. The summed E-state index contributed by atoms with van der Waals surface area (Å²) in [7, 11) is 0. The summed E-state index contributed by atoms with van der Waals surface area (Å²) < 4.78 is 2.89. The quantitative estimate of drug-likeness (QED) is 0.339. The van der Waals surface area contributed by atoms with Gasteiger partial charge < -0.3 is 5.32 Å². The lowest BCUT2D eigenvalue weighted by molar-refractivity contribution is -0.113. The molecule has 7 nitrogen and oxygen atoms in total. The van der Waals surface area contributed by atoms with Gasteiger partial charge in [0.25, 0.3) is 0 Å².